The van der Waals surface area contributed by atoms with Crippen molar-refractivity contribution in [1.82, 2.24) is 10.3 Å². The normalized spacial score (nSPS) is 11.7. The Balaban J connectivity index is 1.38. The van der Waals surface area contributed by atoms with Crippen molar-refractivity contribution in [1.29, 1.82) is 0 Å². The summed E-state index contributed by atoms with van der Waals surface area (Å²) in [5.41, 5.74) is 1.18. The summed E-state index contributed by atoms with van der Waals surface area (Å²) in [7, 11) is 0. The average Bonchev–Trinajstić information content (AvgIpc) is 3.51. The number of hydrogen-bond acceptors (Lipinski definition) is 7. The second kappa shape index (κ2) is 9.13. The fraction of sp³-hybridized carbons (Fsp3) is 0.0952. The van der Waals surface area contributed by atoms with Gasteiger partial charge in [0.25, 0.3) is 5.91 Å². The maximum atomic E-state index is 12.4. The van der Waals surface area contributed by atoms with E-state index in [-0.39, 0.29) is 24.2 Å². The maximum Gasteiger partial charge on any atom is 0.358 e. The molecule has 0 saturated carbocycles. The zero-order valence-corrected chi connectivity index (χ0v) is 17.6. The monoisotopic (exact) mass is 440 g/mol. The maximum absolute atomic E-state index is 12.4. The van der Waals surface area contributed by atoms with E-state index in [1.807, 2.05) is 65.4 Å². The molecule has 0 fully saturated rings. The number of rotatable bonds is 7. The van der Waals surface area contributed by atoms with Crippen molar-refractivity contribution in [3.05, 3.63) is 86.9 Å². The summed E-state index contributed by atoms with van der Waals surface area (Å²) in [4.78, 5) is 31.0. The number of benzene rings is 1. The highest BCUT2D eigenvalue weighted by Gasteiger charge is 2.20. The van der Waals surface area contributed by atoms with Crippen LogP contribution in [0.2, 0.25) is 0 Å². The molecule has 29 heavy (non-hydrogen) atoms. The van der Waals surface area contributed by atoms with Gasteiger partial charge in [0.1, 0.15) is 5.01 Å². The molecule has 4 rings (SSSR count). The average molecular weight is 441 g/mol. The molecular weight excluding hydrogens is 424 g/mol. The van der Waals surface area contributed by atoms with Gasteiger partial charge in [-0.05, 0) is 28.5 Å². The lowest BCUT2D eigenvalue weighted by Crippen LogP contribution is -2.32. The van der Waals surface area contributed by atoms with Crippen LogP contribution in [0.1, 0.15) is 27.0 Å². The molecule has 0 radical (unpaired) electrons. The van der Waals surface area contributed by atoms with Crippen molar-refractivity contribution in [3.8, 4) is 9.88 Å². The number of nitrogens with zero attached hydrogens (tertiary/aromatic N) is 1. The van der Waals surface area contributed by atoms with Crippen molar-refractivity contribution >= 4 is 45.9 Å². The number of carbonyl (C=O) groups excluding carboxylic acids is 2. The number of thiazole rings is 1. The van der Waals surface area contributed by atoms with Crippen LogP contribution in [-0.4, -0.2) is 23.5 Å². The van der Waals surface area contributed by atoms with Gasteiger partial charge in [0, 0.05) is 10.3 Å². The van der Waals surface area contributed by atoms with Gasteiger partial charge in [0.05, 0.1) is 10.9 Å². The van der Waals surface area contributed by atoms with Gasteiger partial charge in [-0.2, -0.15) is 0 Å². The van der Waals surface area contributed by atoms with Crippen LogP contribution in [0, 0.1) is 0 Å². The molecular formula is C21H16N2O3S3. The zero-order chi connectivity index (χ0) is 20.1. The molecule has 4 aromatic rings. The Morgan fingerprint density at radius 3 is 2.48 bits per heavy atom. The van der Waals surface area contributed by atoms with Crippen LogP contribution >= 0.6 is 34.0 Å². The molecule has 5 nitrogen and oxygen atoms in total. The minimum atomic E-state index is -0.605. The summed E-state index contributed by atoms with van der Waals surface area (Å²) in [5.74, 6) is -0.971. The number of nitrogens with one attached hydrogen (secondary N) is 1. The molecule has 1 amide bonds. The van der Waals surface area contributed by atoms with Crippen molar-refractivity contribution in [2.45, 2.75) is 6.04 Å². The molecule has 3 aromatic heterocycles. The number of aromatic nitrogens is 1. The smallest absolute Gasteiger partial charge is 0.358 e. The lowest BCUT2D eigenvalue weighted by atomic mass is 10.1. The van der Waals surface area contributed by atoms with Crippen molar-refractivity contribution < 1.29 is 14.3 Å². The van der Waals surface area contributed by atoms with Gasteiger partial charge in [-0.25, -0.2) is 9.78 Å². The van der Waals surface area contributed by atoms with Crippen LogP contribution in [0.5, 0.6) is 0 Å². The Labute approximate surface area is 179 Å². The lowest BCUT2D eigenvalue weighted by molar-refractivity contribution is -0.124. The van der Waals surface area contributed by atoms with Crippen LogP contribution in [0.25, 0.3) is 9.88 Å². The summed E-state index contributed by atoms with van der Waals surface area (Å²) in [6.07, 6.45) is 0. The molecule has 1 N–H and O–H groups in total. The second-order valence-electron chi connectivity index (χ2n) is 6.02. The Kier molecular flexibility index (Phi) is 6.14. The quantitative estimate of drug-likeness (QED) is 0.411. The van der Waals surface area contributed by atoms with E-state index >= 15 is 0 Å². The van der Waals surface area contributed by atoms with E-state index in [9.17, 15) is 9.59 Å². The van der Waals surface area contributed by atoms with E-state index in [2.05, 4.69) is 10.3 Å². The van der Waals surface area contributed by atoms with Crippen molar-refractivity contribution in [2.24, 2.45) is 0 Å². The fourth-order valence-electron chi connectivity index (χ4n) is 2.71. The molecule has 0 aliphatic carbocycles. The van der Waals surface area contributed by atoms with E-state index in [0.717, 1.165) is 20.3 Å². The third kappa shape index (κ3) is 4.79. The Bertz CT molecular complexity index is 1070. The van der Waals surface area contributed by atoms with Crippen LogP contribution in [-0.2, 0) is 9.53 Å². The minimum absolute atomic E-state index is 0.212. The highest BCUT2D eigenvalue weighted by atomic mass is 32.1. The van der Waals surface area contributed by atoms with Crippen LogP contribution in [0.3, 0.4) is 0 Å². The predicted octanol–water partition coefficient (Wildman–Crippen LogP) is 5.00. The number of hydrogen-bond donors (Lipinski definition) is 1. The number of esters is 1. The first kappa shape index (κ1) is 19.5. The minimum Gasteiger partial charge on any atom is -0.451 e. The lowest BCUT2D eigenvalue weighted by Gasteiger charge is -2.18. The molecule has 0 bridgehead atoms. The van der Waals surface area contributed by atoms with Crippen molar-refractivity contribution in [2.75, 3.05) is 6.61 Å². The van der Waals surface area contributed by atoms with Gasteiger partial charge >= 0.3 is 5.97 Å². The number of thiophene rings is 2. The first-order chi connectivity index (χ1) is 14.2. The third-order valence-corrected chi connectivity index (χ3v) is 6.86. The summed E-state index contributed by atoms with van der Waals surface area (Å²) >= 11 is 4.49. The third-order valence-electron chi connectivity index (χ3n) is 4.05. The van der Waals surface area contributed by atoms with Gasteiger partial charge in [-0.3, -0.25) is 4.79 Å². The number of amides is 1. The zero-order valence-electron chi connectivity index (χ0n) is 15.1. The molecule has 8 heteroatoms. The Morgan fingerprint density at radius 1 is 0.966 bits per heavy atom. The number of carbonyl (C=O) groups is 2. The first-order valence-corrected chi connectivity index (χ1v) is 11.4. The molecule has 0 aliphatic heterocycles. The molecule has 3 heterocycles. The van der Waals surface area contributed by atoms with E-state index in [4.69, 9.17) is 4.74 Å². The fourth-order valence-corrected chi connectivity index (χ4v) is 5.11. The molecule has 146 valence electrons. The second-order valence-corrected chi connectivity index (χ2v) is 8.80. The van der Waals surface area contributed by atoms with E-state index < -0.39 is 5.97 Å². The summed E-state index contributed by atoms with van der Waals surface area (Å²) < 4.78 is 5.17. The van der Waals surface area contributed by atoms with E-state index in [1.54, 1.807) is 28.1 Å². The number of ether oxygens (including phenoxy) is 1. The Morgan fingerprint density at radius 2 is 1.76 bits per heavy atom. The molecule has 0 saturated heterocycles. The molecule has 1 aromatic carbocycles. The van der Waals surface area contributed by atoms with Gasteiger partial charge < -0.3 is 10.1 Å². The van der Waals surface area contributed by atoms with Gasteiger partial charge in [-0.15, -0.1) is 34.0 Å². The topological polar surface area (TPSA) is 68.3 Å². The van der Waals surface area contributed by atoms with E-state index in [1.165, 1.54) is 11.3 Å². The van der Waals surface area contributed by atoms with Gasteiger partial charge in [0.2, 0.25) is 0 Å². The standard InChI is InChI=1S/C21H16N2O3S3/c24-18(23-19(16-8-4-10-27-16)14-6-2-1-3-7-14)12-26-21(25)15-13-29-20(22-15)17-9-5-11-28-17/h1-11,13,19H,12H2,(H,23,24). The van der Waals surface area contributed by atoms with E-state index in [0.29, 0.717) is 0 Å². The molecule has 1 atom stereocenters. The largest absolute Gasteiger partial charge is 0.451 e. The predicted molar refractivity (Wildman–Crippen MR) is 116 cm³/mol. The summed E-state index contributed by atoms with van der Waals surface area (Å²) in [6.45, 7) is -0.362. The van der Waals surface area contributed by atoms with Crippen LogP contribution in [0.4, 0.5) is 0 Å². The molecule has 0 aliphatic rings. The summed E-state index contributed by atoms with van der Waals surface area (Å²) in [6, 6.07) is 17.2. The van der Waals surface area contributed by atoms with Crippen LogP contribution < -0.4 is 5.32 Å². The van der Waals surface area contributed by atoms with Crippen LogP contribution in [0.15, 0.2) is 70.7 Å². The van der Waals surface area contributed by atoms with Gasteiger partial charge in [0.15, 0.2) is 12.3 Å². The highest BCUT2D eigenvalue weighted by Crippen LogP contribution is 2.28. The molecule has 0 spiro atoms. The Hall–Kier alpha value is -2.81. The first-order valence-electron chi connectivity index (χ1n) is 8.75. The van der Waals surface area contributed by atoms with Gasteiger partial charge in [-0.1, -0.05) is 42.5 Å². The highest BCUT2D eigenvalue weighted by molar-refractivity contribution is 7.20. The summed E-state index contributed by atoms with van der Waals surface area (Å²) in [5, 5.41) is 9.27. The molecule has 1 unspecified atom stereocenters. The van der Waals surface area contributed by atoms with Crippen molar-refractivity contribution in [3.63, 3.8) is 0 Å². The SMILES string of the molecule is O=C(COC(=O)c1csc(-c2cccs2)n1)NC(c1ccccc1)c1cccs1.